The second-order valence-corrected chi connectivity index (χ2v) is 11.9. The maximum absolute atomic E-state index is 13.8. The Balaban J connectivity index is 1.87. The average molecular weight is 611 g/mol. The molecule has 2 amide bonds. The smallest absolute Gasteiger partial charge is 0.329 e. The topological polar surface area (TPSA) is 112 Å². The average Bonchev–Trinajstić information content (AvgIpc) is 3.04. The van der Waals surface area contributed by atoms with Crippen molar-refractivity contribution in [1.82, 2.24) is 9.80 Å². The maximum Gasteiger partial charge on any atom is 0.329 e. The highest BCUT2D eigenvalue weighted by Gasteiger charge is 2.41. The molecular formula is C34H46N2O8. The van der Waals surface area contributed by atoms with Crippen molar-refractivity contribution in [2.75, 3.05) is 41.5 Å². The zero-order valence-electron chi connectivity index (χ0n) is 27.0. The normalized spacial score (nSPS) is 15.6. The number of hydrogen-bond acceptors (Lipinski definition) is 8. The third-order valence-electron chi connectivity index (χ3n) is 8.22. The molecule has 0 saturated carbocycles. The summed E-state index contributed by atoms with van der Waals surface area (Å²) in [7, 11) is 6.45. The molecule has 44 heavy (non-hydrogen) atoms. The first-order chi connectivity index (χ1) is 20.9. The van der Waals surface area contributed by atoms with Gasteiger partial charge in [0.2, 0.25) is 5.78 Å². The van der Waals surface area contributed by atoms with Gasteiger partial charge in [0.1, 0.15) is 17.9 Å². The molecule has 3 rings (SSSR count). The number of likely N-dealkylation sites (N-methyl/N-ethyl adjacent to an activating group) is 1. The largest absolute Gasteiger partial charge is 0.493 e. The molecule has 0 unspecified atom stereocenters. The van der Waals surface area contributed by atoms with Crippen LogP contribution >= 0.6 is 0 Å². The predicted molar refractivity (Wildman–Crippen MR) is 166 cm³/mol. The quantitative estimate of drug-likeness (QED) is 0.222. The molecule has 2 aromatic carbocycles. The van der Waals surface area contributed by atoms with E-state index in [0.29, 0.717) is 61.5 Å². The third-order valence-corrected chi connectivity index (χ3v) is 8.22. The van der Waals surface area contributed by atoms with Crippen LogP contribution < -0.4 is 14.2 Å². The minimum atomic E-state index is -0.853. The van der Waals surface area contributed by atoms with Crippen LogP contribution in [-0.2, 0) is 30.3 Å². The summed E-state index contributed by atoms with van der Waals surface area (Å²) in [6, 6.07) is 11.9. The molecule has 0 spiro atoms. The van der Waals surface area contributed by atoms with Crippen molar-refractivity contribution in [3.05, 3.63) is 53.6 Å². The fourth-order valence-electron chi connectivity index (χ4n) is 4.93. The molecule has 1 fully saturated rings. The molecule has 0 bridgehead atoms. The van der Waals surface area contributed by atoms with Crippen LogP contribution in [0.5, 0.6) is 17.2 Å². The SMILES string of the molecule is CCC(C)(C)C(=O)C(=O)N1CCCC[C@H]1C(=O)O[C@H](CCc1ccc(OC)c(OC)c1)c1cccc(OCC(=O)N(C)C)c1. The van der Waals surface area contributed by atoms with E-state index in [0.717, 1.165) is 12.0 Å². The van der Waals surface area contributed by atoms with E-state index in [2.05, 4.69) is 0 Å². The van der Waals surface area contributed by atoms with Crippen molar-refractivity contribution >= 4 is 23.6 Å². The van der Waals surface area contributed by atoms with Crippen molar-refractivity contribution in [3.63, 3.8) is 0 Å². The number of likely N-dealkylation sites (tertiary alicyclic amines) is 1. The summed E-state index contributed by atoms with van der Waals surface area (Å²) in [5.74, 6) is -0.203. The minimum absolute atomic E-state index is 0.131. The molecule has 2 aromatic rings. The fraction of sp³-hybridized carbons (Fsp3) is 0.529. The first kappa shape index (κ1) is 34.4. The maximum atomic E-state index is 13.8. The Bertz CT molecular complexity index is 1320. The zero-order valence-corrected chi connectivity index (χ0v) is 27.0. The Morgan fingerprint density at radius 1 is 1.00 bits per heavy atom. The number of methoxy groups -OCH3 is 2. The minimum Gasteiger partial charge on any atom is -0.493 e. The first-order valence-corrected chi connectivity index (χ1v) is 15.1. The summed E-state index contributed by atoms with van der Waals surface area (Å²) >= 11 is 0. The lowest BCUT2D eigenvalue weighted by molar-refractivity contribution is -0.164. The van der Waals surface area contributed by atoms with Crippen LogP contribution in [0.2, 0.25) is 0 Å². The lowest BCUT2D eigenvalue weighted by Gasteiger charge is -2.36. The third kappa shape index (κ3) is 8.74. The second kappa shape index (κ2) is 15.6. The highest BCUT2D eigenvalue weighted by atomic mass is 16.5. The van der Waals surface area contributed by atoms with E-state index in [9.17, 15) is 19.2 Å². The van der Waals surface area contributed by atoms with Crippen LogP contribution in [0.3, 0.4) is 0 Å². The lowest BCUT2D eigenvalue weighted by Crippen LogP contribution is -2.53. The van der Waals surface area contributed by atoms with Crippen LogP contribution in [-0.4, -0.2) is 80.9 Å². The van der Waals surface area contributed by atoms with Gasteiger partial charge in [0.05, 0.1) is 14.2 Å². The number of Topliss-reactive ketones (excluding diaryl/α,β-unsaturated/α-hetero) is 1. The van der Waals surface area contributed by atoms with Gasteiger partial charge in [0.15, 0.2) is 18.1 Å². The Labute approximate surface area is 260 Å². The number of piperidine rings is 1. The highest BCUT2D eigenvalue weighted by molar-refractivity contribution is 6.38. The number of hydrogen-bond donors (Lipinski definition) is 0. The van der Waals surface area contributed by atoms with Gasteiger partial charge in [-0.2, -0.15) is 0 Å². The molecule has 0 aliphatic carbocycles. The monoisotopic (exact) mass is 610 g/mol. The molecule has 10 heteroatoms. The number of carbonyl (C=O) groups is 4. The number of nitrogens with zero attached hydrogens (tertiary/aromatic N) is 2. The van der Waals surface area contributed by atoms with Crippen LogP contribution in [0.4, 0.5) is 0 Å². The van der Waals surface area contributed by atoms with Crippen molar-refractivity contribution < 1.29 is 38.1 Å². The molecule has 1 heterocycles. The van der Waals surface area contributed by atoms with Crippen molar-refractivity contribution in [1.29, 1.82) is 0 Å². The molecule has 0 radical (unpaired) electrons. The van der Waals surface area contributed by atoms with Crippen molar-refractivity contribution in [3.8, 4) is 17.2 Å². The van der Waals surface area contributed by atoms with E-state index in [1.165, 1.54) is 9.80 Å². The Morgan fingerprint density at radius 3 is 2.39 bits per heavy atom. The Hall–Kier alpha value is -4.08. The van der Waals surface area contributed by atoms with Crippen LogP contribution in [0, 0.1) is 5.41 Å². The van der Waals surface area contributed by atoms with Gasteiger partial charge >= 0.3 is 5.97 Å². The lowest BCUT2D eigenvalue weighted by atomic mass is 9.84. The van der Waals surface area contributed by atoms with Crippen molar-refractivity contribution in [2.45, 2.75) is 71.4 Å². The van der Waals surface area contributed by atoms with Crippen molar-refractivity contribution in [2.24, 2.45) is 5.41 Å². The fourth-order valence-corrected chi connectivity index (χ4v) is 4.93. The van der Waals surface area contributed by atoms with E-state index in [-0.39, 0.29) is 12.5 Å². The van der Waals surface area contributed by atoms with E-state index in [1.807, 2.05) is 31.2 Å². The second-order valence-electron chi connectivity index (χ2n) is 11.9. The van der Waals surface area contributed by atoms with E-state index >= 15 is 0 Å². The first-order valence-electron chi connectivity index (χ1n) is 15.1. The predicted octanol–water partition coefficient (Wildman–Crippen LogP) is 4.77. The molecule has 240 valence electrons. The number of ether oxygens (including phenoxy) is 4. The van der Waals surface area contributed by atoms with Gasteiger partial charge in [-0.15, -0.1) is 0 Å². The number of amides is 2. The van der Waals surface area contributed by atoms with Crippen LogP contribution in [0.25, 0.3) is 0 Å². The summed E-state index contributed by atoms with van der Waals surface area (Å²) in [5, 5.41) is 0. The Morgan fingerprint density at radius 2 is 1.73 bits per heavy atom. The number of rotatable bonds is 14. The van der Waals surface area contributed by atoms with Crippen LogP contribution in [0.15, 0.2) is 42.5 Å². The van der Waals surface area contributed by atoms with Gasteiger partial charge in [-0.3, -0.25) is 14.4 Å². The number of esters is 1. The summed E-state index contributed by atoms with van der Waals surface area (Å²) in [6.07, 6.45) is 2.66. The molecule has 2 atom stereocenters. The number of carbonyl (C=O) groups excluding carboxylic acids is 4. The molecule has 0 N–H and O–H groups in total. The van der Waals surface area contributed by atoms with E-state index in [4.69, 9.17) is 18.9 Å². The summed E-state index contributed by atoms with van der Waals surface area (Å²) < 4.78 is 22.7. The molecule has 0 aromatic heterocycles. The van der Waals surface area contributed by atoms with Gasteiger partial charge in [-0.05, 0) is 73.9 Å². The highest BCUT2D eigenvalue weighted by Crippen LogP contribution is 2.32. The molecular weight excluding hydrogens is 564 g/mol. The summed E-state index contributed by atoms with van der Waals surface area (Å²) in [4.78, 5) is 55.1. The van der Waals surface area contributed by atoms with Gasteiger partial charge in [0.25, 0.3) is 11.8 Å². The zero-order chi connectivity index (χ0) is 32.4. The number of benzene rings is 2. The van der Waals surface area contributed by atoms with Gasteiger partial charge < -0.3 is 28.7 Å². The van der Waals surface area contributed by atoms with Gasteiger partial charge in [0, 0.05) is 26.1 Å². The van der Waals surface area contributed by atoms with E-state index in [1.54, 1.807) is 60.4 Å². The molecule has 1 aliphatic rings. The van der Waals surface area contributed by atoms with Crippen LogP contribution in [0.1, 0.15) is 70.1 Å². The van der Waals surface area contributed by atoms with Gasteiger partial charge in [-0.25, -0.2) is 4.79 Å². The van der Waals surface area contributed by atoms with E-state index < -0.39 is 35.2 Å². The van der Waals surface area contributed by atoms with Gasteiger partial charge in [-0.1, -0.05) is 39.0 Å². The summed E-state index contributed by atoms with van der Waals surface area (Å²) in [5.41, 5.74) is 0.819. The molecule has 1 aliphatic heterocycles. The summed E-state index contributed by atoms with van der Waals surface area (Å²) in [6.45, 7) is 5.55. The number of aryl methyl sites for hydroxylation is 1. The molecule has 10 nitrogen and oxygen atoms in total. The number of ketones is 1. The Kier molecular flexibility index (Phi) is 12.2. The standard InChI is InChI=1S/C34H46N2O8/c1-8-34(2,3)31(38)32(39)36-19-10-9-14-26(36)33(40)44-27(17-15-23-16-18-28(41-6)29(20-23)42-7)24-12-11-13-25(21-24)43-22-30(37)35(4)5/h11-13,16,18,20-21,26-27H,8-10,14-15,17,19,22H2,1-7H3/t26-,27+/m0/s1. The molecule has 1 saturated heterocycles.